The summed E-state index contributed by atoms with van der Waals surface area (Å²) in [4.78, 5) is 0. The predicted octanol–water partition coefficient (Wildman–Crippen LogP) is 13.4. The zero-order valence-corrected chi connectivity index (χ0v) is 57.1. The van der Waals surface area contributed by atoms with Gasteiger partial charge in [0.2, 0.25) is 0 Å². The lowest BCUT2D eigenvalue weighted by molar-refractivity contribution is -0.325. The zero-order valence-electron chi connectivity index (χ0n) is 50.6. The lowest BCUT2D eigenvalue weighted by atomic mass is 9.60. The Bertz CT molecular complexity index is 1800. The molecule has 7 rings (SSSR count). The largest absolute Gasteiger partial charge is 0.396 e. The van der Waals surface area contributed by atoms with E-state index in [9.17, 15) is 25.5 Å². The second-order valence-corrected chi connectivity index (χ2v) is 33.4. The van der Waals surface area contributed by atoms with Gasteiger partial charge in [-0.15, -0.1) is 0 Å². The first-order valence-electron chi connectivity index (χ1n) is 27.7. The summed E-state index contributed by atoms with van der Waals surface area (Å²) in [5.74, 6) is 0. The third kappa shape index (κ3) is 18.5. The molecular formula is C61H109I3O11. The van der Waals surface area contributed by atoms with Gasteiger partial charge in [-0.05, 0) is 101 Å². The summed E-state index contributed by atoms with van der Waals surface area (Å²) in [7, 11) is 6.81. The average molecular weight is 1400 g/mol. The highest BCUT2D eigenvalue weighted by molar-refractivity contribution is 14.1. The van der Waals surface area contributed by atoms with Crippen molar-refractivity contribution in [2.24, 2.45) is 54.1 Å². The van der Waals surface area contributed by atoms with Crippen LogP contribution in [0.25, 0.3) is 0 Å². The van der Waals surface area contributed by atoms with Gasteiger partial charge >= 0.3 is 0 Å². The lowest BCUT2D eigenvalue weighted by Crippen LogP contribution is -2.63. The first kappa shape index (κ1) is 70.2. The molecule has 440 valence electrons. The molecule has 6 fully saturated rings. The number of ether oxygens (including phenoxy) is 6. The number of hydrogen-bond acceptors (Lipinski definition) is 11. The second-order valence-electron chi connectivity index (χ2n) is 29.9. The van der Waals surface area contributed by atoms with Gasteiger partial charge in [0.1, 0.15) is 12.2 Å². The van der Waals surface area contributed by atoms with Crippen LogP contribution in [-0.2, 0) is 28.4 Å². The van der Waals surface area contributed by atoms with E-state index in [-0.39, 0.29) is 41.2 Å². The fourth-order valence-electron chi connectivity index (χ4n) is 15.1. The van der Waals surface area contributed by atoms with Gasteiger partial charge in [0.05, 0.1) is 55.9 Å². The van der Waals surface area contributed by atoms with Crippen LogP contribution in [-0.4, -0.2) is 134 Å². The molecule has 75 heavy (non-hydrogen) atoms. The van der Waals surface area contributed by atoms with Crippen molar-refractivity contribution in [3.05, 3.63) is 35.9 Å². The van der Waals surface area contributed by atoms with Crippen molar-refractivity contribution in [2.45, 2.75) is 245 Å². The first-order valence-corrected chi connectivity index (χ1v) is 31.7. The Morgan fingerprint density at radius 3 is 1.39 bits per heavy atom. The van der Waals surface area contributed by atoms with Crippen LogP contribution in [0.15, 0.2) is 30.3 Å². The Morgan fingerprint density at radius 2 is 0.960 bits per heavy atom. The molecule has 1 aromatic rings. The van der Waals surface area contributed by atoms with Gasteiger partial charge in [-0.25, -0.2) is 0 Å². The van der Waals surface area contributed by atoms with Crippen LogP contribution >= 0.6 is 67.8 Å². The molecule has 5 N–H and O–H groups in total. The van der Waals surface area contributed by atoms with Crippen LogP contribution in [0.3, 0.4) is 0 Å². The quantitative estimate of drug-likeness (QED) is 0.131. The van der Waals surface area contributed by atoms with Crippen molar-refractivity contribution < 1.29 is 54.0 Å². The summed E-state index contributed by atoms with van der Waals surface area (Å²) in [5.41, 5.74) is 2.02. The molecule has 1 aliphatic heterocycles. The number of aliphatic hydroxyl groups excluding tert-OH is 5. The minimum absolute atomic E-state index is 0.0752. The van der Waals surface area contributed by atoms with Crippen LogP contribution in [0.2, 0.25) is 0 Å². The van der Waals surface area contributed by atoms with E-state index >= 15 is 0 Å². The van der Waals surface area contributed by atoms with Crippen LogP contribution in [0.4, 0.5) is 0 Å². The maximum absolute atomic E-state index is 10.7. The maximum Gasteiger partial charge on any atom is 0.184 e. The highest BCUT2D eigenvalue weighted by Crippen LogP contribution is 2.55. The van der Waals surface area contributed by atoms with Gasteiger partial charge in [-0.1, -0.05) is 216 Å². The van der Waals surface area contributed by atoms with E-state index in [4.69, 9.17) is 28.4 Å². The fraction of sp³-hybridized carbons (Fsp3) is 0.902. The molecule has 1 aromatic carbocycles. The second kappa shape index (κ2) is 27.1. The standard InChI is InChI=1S/C18H26O4.C11H19I3O.C11H22O4.C11H22O.C10H20O/c1-17(2)10-18(3)11-21-16(12-8-6-5-7-9-12)22-15(18)13(20-4)14(17)19;2*1-10(2)5-11(3,6-12)9(14)7(15-4)8(10)13;1-10(2)6-9(12-5)7-11(3,4)8-10;1-9(2)5-8(11)6-10(3,4)7-9/h5-9,13-16,19H,10-11H2,1-4H3;7-9H,5-6H2,1-4H3;7-9,12-14H,5-6H2,1-4H3;9H,6-8H2,1-5H3;8,11H,5-7H2,1-4H3. The van der Waals surface area contributed by atoms with Gasteiger partial charge in [-0.3, -0.25) is 0 Å². The van der Waals surface area contributed by atoms with Gasteiger partial charge in [0.15, 0.2) is 6.29 Å². The maximum atomic E-state index is 10.7. The summed E-state index contributed by atoms with van der Waals surface area (Å²) < 4.78 is 36.6. The number of alkyl halides is 3. The molecule has 0 aromatic heterocycles. The van der Waals surface area contributed by atoms with Crippen LogP contribution < -0.4 is 0 Å². The zero-order chi connectivity index (χ0) is 57.8. The molecule has 13 atom stereocenters. The van der Waals surface area contributed by atoms with E-state index in [1.54, 1.807) is 7.11 Å². The van der Waals surface area contributed by atoms with Crippen molar-refractivity contribution in [1.82, 2.24) is 0 Å². The highest BCUT2D eigenvalue weighted by Gasteiger charge is 2.58. The van der Waals surface area contributed by atoms with Crippen LogP contribution in [0.5, 0.6) is 0 Å². The number of methoxy groups -OCH3 is 4. The van der Waals surface area contributed by atoms with E-state index in [2.05, 4.69) is 165 Å². The van der Waals surface area contributed by atoms with Gasteiger partial charge in [-0.2, -0.15) is 0 Å². The van der Waals surface area contributed by atoms with Gasteiger partial charge in [0, 0.05) is 57.1 Å². The van der Waals surface area contributed by atoms with Crippen molar-refractivity contribution in [3.63, 3.8) is 0 Å². The van der Waals surface area contributed by atoms with Gasteiger partial charge in [0.25, 0.3) is 0 Å². The Hall–Kier alpha value is 0.970. The average Bonchev–Trinajstić information content (AvgIpc) is 3.27. The number of halogens is 3. The number of fused-ring (bicyclic) bond motifs is 1. The molecule has 0 bridgehead atoms. The van der Waals surface area contributed by atoms with Crippen molar-refractivity contribution >= 4 is 67.8 Å². The molecule has 14 heteroatoms. The molecular weight excluding hydrogens is 1290 g/mol. The van der Waals surface area contributed by atoms with Crippen molar-refractivity contribution in [1.29, 1.82) is 0 Å². The summed E-state index contributed by atoms with van der Waals surface area (Å²) in [5, 5.41) is 49.7. The normalized spacial score (nSPS) is 39.2. The SMILES string of the molecule is CC1(C)CC(O)CC(C)(C)C1.COC1C(I)C(C)(C)CC(C)(CI)C1I.COC1C(O)C(C)(C)CC(C)(CO)C1O.COC1C(O)C(C)(C)CC2(C)COC(c3ccccc3)OC12.COC1CC(C)(C)CC(C)(C)C1. The monoisotopic (exact) mass is 1400 g/mol. The van der Waals surface area contributed by atoms with E-state index in [1.165, 1.54) is 43.6 Å². The fourth-order valence-corrected chi connectivity index (χ4v) is 19.5. The van der Waals surface area contributed by atoms with E-state index < -0.39 is 36.1 Å². The number of benzene rings is 1. The third-order valence-electron chi connectivity index (χ3n) is 17.6. The summed E-state index contributed by atoms with van der Waals surface area (Å²) >= 11 is 7.70. The Labute approximate surface area is 498 Å². The molecule has 0 spiro atoms. The summed E-state index contributed by atoms with van der Waals surface area (Å²) in [6, 6.07) is 9.92. The lowest BCUT2D eigenvalue weighted by Gasteiger charge is -2.56. The molecule has 13 unspecified atom stereocenters. The van der Waals surface area contributed by atoms with E-state index in [0.29, 0.717) is 65.6 Å². The third-order valence-corrected chi connectivity index (χ3v) is 23.9. The number of rotatable bonds is 7. The minimum Gasteiger partial charge on any atom is -0.396 e. The van der Waals surface area contributed by atoms with E-state index in [0.717, 1.165) is 24.8 Å². The van der Waals surface area contributed by atoms with Crippen molar-refractivity contribution in [3.8, 4) is 0 Å². The molecule has 5 saturated carbocycles. The molecule has 0 amide bonds. The molecule has 1 heterocycles. The van der Waals surface area contributed by atoms with E-state index in [1.807, 2.05) is 65.3 Å². The smallest absolute Gasteiger partial charge is 0.184 e. The minimum atomic E-state index is -0.837. The predicted molar refractivity (Wildman–Crippen MR) is 331 cm³/mol. The molecule has 1 saturated heterocycles. The van der Waals surface area contributed by atoms with Gasteiger partial charge < -0.3 is 54.0 Å². The first-order chi connectivity index (χ1) is 34.1. The topological polar surface area (TPSA) is 157 Å². The molecule has 5 aliphatic carbocycles. The molecule has 11 nitrogen and oxygen atoms in total. The molecule has 6 aliphatic rings. The number of hydrogen-bond donors (Lipinski definition) is 5. The summed E-state index contributed by atoms with van der Waals surface area (Å²) in [6.45, 7) is 38.0. The van der Waals surface area contributed by atoms with Crippen LogP contribution in [0.1, 0.15) is 187 Å². The van der Waals surface area contributed by atoms with Crippen molar-refractivity contribution in [2.75, 3.05) is 46.1 Å². The summed E-state index contributed by atoms with van der Waals surface area (Å²) in [6.07, 6.45) is 6.75. The Kier molecular flexibility index (Phi) is 25.4. The number of aliphatic hydroxyl groups is 5. The Morgan fingerprint density at radius 1 is 0.520 bits per heavy atom. The Balaban J connectivity index is 0.000000253. The van der Waals surface area contributed by atoms with Crippen LogP contribution in [0, 0.1) is 54.1 Å². The highest BCUT2D eigenvalue weighted by atomic mass is 127. The molecule has 0 radical (unpaired) electrons.